The molecule has 0 bridgehead atoms. The molecule has 4 N–H and O–H groups in total. The minimum absolute atomic E-state index is 0.0403. The number of aromatic nitrogens is 2. The maximum atomic E-state index is 13.0. The minimum atomic E-state index is -0.536. The van der Waals surface area contributed by atoms with E-state index in [0.29, 0.717) is 0 Å². The van der Waals surface area contributed by atoms with Crippen LogP contribution in [0.5, 0.6) is 0 Å². The molecule has 1 aliphatic heterocycles. The first-order chi connectivity index (χ1) is 19.7. The molecule has 4 rings (SSSR count). The van der Waals surface area contributed by atoms with Gasteiger partial charge in [0.25, 0.3) is 11.8 Å². The molecule has 0 unspecified atom stereocenters. The summed E-state index contributed by atoms with van der Waals surface area (Å²) in [6.45, 7) is 2.40. The van der Waals surface area contributed by atoms with Gasteiger partial charge in [-0.1, -0.05) is 35.3 Å². The van der Waals surface area contributed by atoms with E-state index in [9.17, 15) is 14.4 Å². The summed E-state index contributed by atoms with van der Waals surface area (Å²) < 4.78 is 0. The Labute approximate surface area is 249 Å². The van der Waals surface area contributed by atoms with Gasteiger partial charge in [-0.25, -0.2) is 0 Å². The van der Waals surface area contributed by atoms with Gasteiger partial charge in [0.2, 0.25) is 5.91 Å². The van der Waals surface area contributed by atoms with Gasteiger partial charge in [0.15, 0.2) is 0 Å². The Morgan fingerprint density at radius 2 is 1.71 bits per heavy atom. The summed E-state index contributed by atoms with van der Waals surface area (Å²) in [7, 11) is 3.99. The van der Waals surface area contributed by atoms with Crippen LogP contribution in [0.25, 0.3) is 0 Å². The van der Waals surface area contributed by atoms with Gasteiger partial charge >= 0.3 is 0 Å². The number of amides is 3. The van der Waals surface area contributed by atoms with E-state index >= 15 is 0 Å². The number of H-pyrrole nitrogens is 1. The Bertz CT molecular complexity index is 1380. The molecule has 0 saturated carbocycles. The van der Waals surface area contributed by atoms with Crippen molar-refractivity contribution in [2.45, 2.75) is 25.3 Å². The van der Waals surface area contributed by atoms with E-state index in [0.717, 1.165) is 50.3 Å². The second kappa shape index (κ2) is 14.2. The maximum Gasteiger partial charge on any atom is 0.271 e. The summed E-state index contributed by atoms with van der Waals surface area (Å²) in [5, 5.41) is 15.6. The molecular weight excluding hydrogens is 565 g/mol. The number of piperidine rings is 1. The van der Waals surface area contributed by atoms with Crippen LogP contribution in [0.1, 0.15) is 40.1 Å². The smallest absolute Gasteiger partial charge is 0.271 e. The predicted molar refractivity (Wildman–Crippen MR) is 163 cm³/mol. The lowest BCUT2D eigenvalue weighted by Gasteiger charge is -2.34. The van der Waals surface area contributed by atoms with Crippen LogP contribution >= 0.6 is 23.2 Å². The van der Waals surface area contributed by atoms with Crippen LogP contribution in [-0.4, -0.2) is 72.6 Å². The summed E-state index contributed by atoms with van der Waals surface area (Å²) in [5.41, 5.74) is 2.29. The standard InChI is InChI=1S/C29H33Cl2N7O3/c1-37(2)15-4-3-8-25(39)33-19-9-11-21(12-10-19)38-16-13-20(14-17-38)34-29(41)27-24(18-32-36-27)35-28(40)26-22(30)6-5-7-23(26)31/h3,5-12,18,20H,4,13-17H2,1-2H3,(H,32,36)(H,33,39)(H,34,41)(H,35,40). The van der Waals surface area contributed by atoms with Gasteiger partial charge in [0.1, 0.15) is 5.69 Å². The Morgan fingerprint density at radius 3 is 2.37 bits per heavy atom. The van der Waals surface area contributed by atoms with Crippen LogP contribution in [0, 0.1) is 0 Å². The van der Waals surface area contributed by atoms with Crippen LogP contribution in [0.4, 0.5) is 17.1 Å². The summed E-state index contributed by atoms with van der Waals surface area (Å²) >= 11 is 12.3. The van der Waals surface area contributed by atoms with E-state index in [-0.39, 0.29) is 44.8 Å². The number of rotatable bonds is 10. The first-order valence-electron chi connectivity index (χ1n) is 13.3. The third-order valence-corrected chi connectivity index (χ3v) is 7.28. The number of anilines is 3. The number of hydrogen-bond donors (Lipinski definition) is 4. The van der Waals surface area contributed by atoms with E-state index in [1.165, 1.54) is 6.20 Å². The Balaban J connectivity index is 1.26. The second-order valence-electron chi connectivity index (χ2n) is 9.97. The monoisotopic (exact) mass is 597 g/mol. The van der Waals surface area contributed by atoms with Crippen LogP contribution in [0.3, 0.4) is 0 Å². The fraction of sp³-hybridized carbons (Fsp3) is 0.310. The van der Waals surface area contributed by atoms with Crippen molar-refractivity contribution in [3.63, 3.8) is 0 Å². The van der Waals surface area contributed by atoms with Gasteiger partial charge in [-0.05, 0) is 75.8 Å². The van der Waals surface area contributed by atoms with Gasteiger partial charge < -0.3 is 25.8 Å². The number of hydrogen-bond acceptors (Lipinski definition) is 6. The molecule has 1 aromatic heterocycles. The molecule has 1 saturated heterocycles. The van der Waals surface area contributed by atoms with Crippen molar-refractivity contribution in [3.8, 4) is 0 Å². The second-order valence-corrected chi connectivity index (χ2v) is 10.8. The van der Waals surface area contributed by atoms with E-state index in [1.54, 1.807) is 24.3 Å². The summed E-state index contributed by atoms with van der Waals surface area (Å²) in [4.78, 5) is 42.2. The number of carbonyl (C=O) groups is 3. The van der Waals surface area contributed by atoms with Gasteiger partial charge in [-0.3, -0.25) is 19.5 Å². The molecule has 0 spiro atoms. The van der Waals surface area contributed by atoms with Crippen LogP contribution in [-0.2, 0) is 4.79 Å². The fourth-order valence-corrected chi connectivity index (χ4v) is 5.02. The number of carbonyl (C=O) groups excluding carboxylic acids is 3. The minimum Gasteiger partial charge on any atom is -0.371 e. The molecule has 3 aromatic rings. The third kappa shape index (κ3) is 8.32. The maximum absolute atomic E-state index is 13.0. The molecule has 0 atom stereocenters. The zero-order valence-electron chi connectivity index (χ0n) is 22.9. The molecule has 1 aliphatic rings. The van der Waals surface area contributed by atoms with Crippen LogP contribution in [0.2, 0.25) is 10.0 Å². The van der Waals surface area contributed by atoms with E-state index in [4.69, 9.17) is 23.2 Å². The molecule has 2 heterocycles. The Hall–Kier alpha value is -3.86. The van der Waals surface area contributed by atoms with Crippen LogP contribution < -0.4 is 20.9 Å². The zero-order chi connectivity index (χ0) is 29.4. The molecular formula is C29H33Cl2N7O3. The highest BCUT2D eigenvalue weighted by atomic mass is 35.5. The zero-order valence-corrected chi connectivity index (χ0v) is 24.4. The number of benzene rings is 2. The average molecular weight is 599 g/mol. The van der Waals surface area contributed by atoms with E-state index in [1.807, 2.05) is 44.4 Å². The highest BCUT2D eigenvalue weighted by Crippen LogP contribution is 2.26. The van der Waals surface area contributed by atoms with Gasteiger partial charge in [-0.15, -0.1) is 0 Å². The molecule has 12 heteroatoms. The molecule has 3 amide bonds. The van der Waals surface area contributed by atoms with Gasteiger partial charge in [-0.2, -0.15) is 5.10 Å². The van der Waals surface area contributed by atoms with Gasteiger partial charge in [0, 0.05) is 37.1 Å². The van der Waals surface area contributed by atoms with Crippen molar-refractivity contribution in [2.75, 3.05) is 49.3 Å². The molecule has 41 heavy (non-hydrogen) atoms. The number of aromatic amines is 1. The summed E-state index contributed by atoms with van der Waals surface area (Å²) in [6.07, 6.45) is 7.10. The summed E-state index contributed by atoms with van der Waals surface area (Å²) in [5.74, 6) is -1.05. The number of nitrogens with zero attached hydrogens (tertiary/aromatic N) is 3. The predicted octanol–water partition coefficient (Wildman–Crippen LogP) is 4.81. The van der Waals surface area contributed by atoms with Crippen LogP contribution in [0.15, 0.2) is 60.8 Å². The molecule has 216 valence electrons. The first-order valence-corrected chi connectivity index (χ1v) is 14.0. The quantitative estimate of drug-likeness (QED) is 0.249. The average Bonchev–Trinajstić information content (AvgIpc) is 3.40. The Morgan fingerprint density at radius 1 is 1.02 bits per heavy atom. The highest BCUT2D eigenvalue weighted by Gasteiger charge is 2.24. The van der Waals surface area contributed by atoms with Crippen molar-refractivity contribution < 1.29 is 14.4 Å². The van der Waals surface area contributed by atoms with Crippen molar-refractivity contribution in [1.29, 1.82) is 0 Å². The normalized spacial score (nSPS) is 13.9. The van der Waals surface area contributed by atoms with Crippen molar-refractivity contribution in [2.24, 2.45) is 0 Å². The number of nitrogens with one attached hydrogen (secondary N) is 4. The lowest BCUT2D eigenvalue weighted by atomic mass is 10.0. The van der Waals surface area contributed by atoms with E-state index in [2.05, 4.69) is 35.9 Å². The van der Waals surface area contributed by atoms with Crippen molar-refractivity contribution in [1.82, 2.24) is 20.4 Å². The molecule has 1 fully saturated rings. The SMILES string of the molecule is CN(C)CCC=CC(=O)Nc1ccc(N2CCC(NC(=O)c3[nH]ncc3NC(=O)c3c(Cl)cccc3Cl)CC2)cc1. The lowest BCUT2D eigenvalue weighted by Crippen LogP contribution is -2.45. The molecule has 0 aliphatic carbocycles. The molecule has 2 aromatic carbocycles. The highest BCUT2D eigenvalue weighted by molar-refractivity contribution is 6.40. The Kier molecular flexibility index (Phi) is 10.4. The van der Waals surface area contributed by atoms with Gasteiger partial charge in [0.05, 0.1) is 27.5 Å². The number of halogens is 2. The third-order valence-electron chi connectivity index (χ3n) is 6.65. The topological polar surface area (TPSA) is 122 Å². The largest absolute Gasteiger partial charge is 0.371 e. The fourth-order valence-electron chi connectivity index (χ4n) is 4.46. The van der Waals surface area contributed by atoms with E-state index < -0.39 is 5.91 Å². The summed E-state index contributed by atoms with van der Waals surface area (Å²) in [6, 6.07) is 12.5. The lowest BCUT2D eigenvalue weighted by molar-refractivity contribution is -0.111. The van der Waals surface area contributed by atoms with Crippen molar-refractivity contribution in [3.05, 3.63) is 82.1 Å². The first kappa shape index (κ1) is 30.1. The molecule has 0 radical (unpaired) electrons. The van der Waals surface area contributed by atoms with Crippen molar-refractivity contribution >= 4 is 58.0 Å². The molecule has 10 nitrogen and oxygen atoms in total.